The van der Waals surface area contributed by atoms with Gasteiger partial charge in [0, 0.05) is 11.2 Å². The Morgan fingerprint density at radius 2 is 1.88 bits per heavy atom. The lowest BCUT2D eigenvalue weighted by Crippen LogP contribution is -2.50. The van der Waals surface area contributed by atoms with Crippen LogP contribution in [0.25, 0.3) is 0 Å². The number of carboxylic acid groups (broad SMARTS) is 1. The Bertz CT molecular complexity index is 346. The lowest BCUT2D eigenvalue weighted by Gasteiger charge is -2.33. The fourth-order valence-corrected chi connectivity index (χ4v) is 3.74. The van der Waals surface area contributed by atoms with E-state index >= 15 is 0 Å². The van der Waals surface area contributed by atoms with Crippen molar-refractivity contribution in [3.63, 3.8) is 0 Å². The molecule has 0 radical (unpaired) electrons. The summed E-state index contributed by atoms with van der Waals surface area (Å²) in [4.78, 5) is 25.2. The highest BCUT2D eigenvalue weighted by Gasteiger charge is 2.49. The van der Waals surface area contributed by atoms with Crippen LogP contribution in [0, 0.1) is 11.3 Å². The number of carbonyl (C=O) groups excluding carboxylic acids is 1. The van der Waals surface area contributed by atoms with Gasteiger partial charge in [-0.1, -0.05) is 20.8 Å². The van der Waals surface area contributed by atoms with Gasteiger partial charge in [-0.25, -0.2) is 4.79 Å². The fourth-order valence-electron chi connectivity index (χ4n) is 2.11. The van der Waals surface area contributed by atoms with Crippen molar-refractivity contribution in [1.82, 2.24) is 4.90 Å². The second-order valence-corrected chi connectivity index (χ2v) is 7.03. The summed E-state index contributed by atoms with van der Waals surface area (Å²) in [5.41, 5.74) is -0.508. The van der Waals surface area contributed by atoms with E-state index in [0.717, 1.165) is 12.8 Å². The SMILES string of the molecule is CC(C)(C)C(=O)N1C(C(=O)O)CSC1C1CC1. The molecule has 1 heterocycles. The van der Waals surface area contributed by atoms with Gasteiger partial charge in [-0.2, -0.15) is 0 Å². The molecule has 2 rings (SSSR count). The van der Waals surface area contributed by atoms with Gasteiger partial charge in [-0.05, 0) is 18.8 Å². The molecule has 5 heteroatoms. The van der Waals surface area contributed by atoms with Gasteiger partial charge in [-0.15, -0.1) is 11.8 Å². The van der Waals surface area contributed by atoms with E-state index in [-0.39, 0.29) is 11.3 Å². The normalized spacial score (nSPS) is 29.5. The predicted molar refractivity (Wildman–Crippen MR) is 66.7 cm³/mol. The molecule has 0 aromatic rings. The zero-order valence-electron chi connectivity index (χ0n) is 10.5. The summed E-state index contributed by atoms with van der Waals surface area (Å²) in [6.07, 6.45) is 2.25. The molecule has 17 heavy (non-hydrogen) atoms. The van der Waals surface area contributed by atoms with Gasteiger partial charge in [0.05, 0.1) is 5.37 Å². The average Bonchev–Trinajstić information content (AvgIpc) is 2.94. The van der Waals surface area contributed by atoms with Crippen LogP contribution < -0.4 is 0 Å². The molecule has 1 saturated carbocycles. The van der Waals surface area contributed by atoms with E-state index < -0.39 is 17.4 Å². The molecule has 96 valence electrons. The molecule has 1 N–H and O–H groups in total. The summed E-state index contributed by atoms with van der Waals surface area (Å²) >= 11 is 1.63. The van der Waals surface area contributed by atoms with Crippen molar-refractivity contribution in [2.24, 2.45) is 11.3 Å². The van der Waals surface area contributed by atoms with Gasteiger partial charge < -0.3 is 10.0 Å². The van der Waals surface area contributed by atoms with Crippen LogP contribution in [0.5, 0.6) is 0 Å². The Morgan fingerprint density at radius 3 is 2.29 bits per heavy atom. The zero-order valence-corrected chi connectivity index (χ0v) is 11.3. The molecule has 1 saturated heterocycles. The summed E-state index contributed by atoms with van der Waals surface area (Å²) in [5, 5.41) is 9.30. The summed E-state index contributed by atoms with van der Waals surface area (Å²) in [5.74, 6) is 0.124. The van der Waals surface area contributed by atoms with Gasteiger partial charge in [0.1, 0.15) is 6.04 Å². The summed E-state index contributed by atoms with van der Waals surface area (Å²) in [6.45, 7) is 5.55. The van der Waals surface area contributed by atoms with Crippen LogP contribution in [-0.4, -0.2) is 39.1 Å². The Hall–Kier alpha value is -0.710. The minimum atomic E-state index is -0.877. The Kier molecular flexibility index (Phi) is 3.14. The summed E-state index contributed by atoms with van der Waals surface area (Å²) in [6, 6.07) is -0.641. The van der Waals surface area contributed by atoms with E-state index in [9.17, 15) is 14.7 Å². The molecule has 2 unspecified atom stereocenters. The first kappa shape index (κ1) is 12.7. The van der Waals surface area contributed by atoms with Gasteiger partial charge in [0.25, 0.3) is 0 Å². The largest absolute Gasteiger partial charge is 0.480 e. The molecule has 0 aromatic carbocycles. The zero-order chi connectivity index (χ0) is 12.8. The third kappa shape index (κ3) is 2.44. The van der Waals surface area contributed by atoms with E-state index in [1.165, 1.54) is 0 Å². The predicted octanol–water partition coefficient (Wildman–Crippen LogP) is 1.80. The van der Waals surface area contributed by atoms with Crippen molar-refractivity contribution >= 4 is 23.6 Å². The number of amides is 1. The lowest BCUT2D eigenvalue weighted by molar-refractivity contribution is -0.153. The maximum atomic E-state index is 12.4. The molecule has 0 bridgehead atoms. The van der Waals surface area contributed by atoms with Crippen LogP contribution in [0.15, 0.2) is 0 Å². The molecule has 4 nitrogen and oxygen atoms in total. The molecule has 2 fully saturated rings. The smallest absolute Gasteiger partial charge is 0.327 e. The van der Waals surface area contributed by atoms with Crippen molar-refractivity contribution in [1.29, 1.82) is 0 Å². The third-order valence-electron chi connectivity index (χ3n) is 3.22. The highest BCUT2D eigenvalue weighted by Crippen LogP contribution is 2.46. The first-order valence-corrected chi connectivity index (χ1v) is 7.04. The minimum Gasteiger partial charge on any atom is -0.480 e. The summed E-state index contributed by atoms with van der Waals surface area (Å²) < 4.78 is 0. The van der Waals surface area contributed by atoms with Crippen molar-refractivity contribution in [3.05, 3.63) is 0 Å². The van der Waals surface area contributed by atoms with E-state index in [1.54, 1.807) is 16.7 Å². The highest BCUT2D eigenvalue weighted by atomic mass is 32.2. The molecular formula is C12H19NO3S. The second-order valence-electron chi connectivity index (χ2n) is 5.88. The van der Waals surface area contributed by atoms with Crippen molar-refractivity contribution in [2.75, 3.05) is 5.75 Å². The average molecular weight is 257 g/mol. The quantitative estimate of drug-likeness (QED) is 0.819. The first-order chi connectivity index (χ1) is 7.82. The molecule has 1 aliphatic heterocycles. The Labute approximate surface area is 106 Å². The summed E-state index contributed by atoms with van der Waals surface area (Å²) in [7, 11) is 0. The van der Waals surface area contributed by atoms with Gasteiger partial charge >= 0.3 is 5.97 Å². The van der Waals surface area contributed by atoms with Crippen LogP contribution >= 0.6 is 11.8 Å². The molecule has 2 atom stereocenters. The molecule has 1 aliphatic carbocycles. The maximum Gasteiger partial charge on any atom is 0.327 e. The van der Waals surface area contributed by atoms with Gasteiger partial charge in [-0.3, -0.25) is 4.79 Å². The van der Waals surface area contributed by atoms with E-state index in [4.69, 9.17) is 0 Å². The lowest BCUT2D eigenvalue weighted by atomic mass is 9.93. The standard InChI is InChI=1S/C12H19NO3S/c1-12(2,3)11(16)13-8(10(14)15)6-17-9(13)7-4-5-7/h7-9H,4-6H2,1-3H3,(H,14,15). The number of hydrogen-bond donors (Lipinski definition) is 1. The number of carboxylic acids is 1. The van der Waals surface area contributed by atoms with E-state index in [0.29, 0.717) is 11.7 Å². The first-order valence-electron chi connectivity index (χ1n) is 5.99. The number of carbonyl (C=O) groups is 2. The van der Waals surface area contributed by atoms with Crippen LogP contribution in [0.3, 0.4) is 0 Å². The van der Waals surface area contributed by atoms with Crippen LogP contribution in [0.4, 0.5) is 0 Å². The second kappa shape index (κ2) is 4.19. The number of nitrogens with zero attached hydrogens (tertiary/aromatic N) is 1. The fraction of sp³-hybridized carbons (Fsp3) is 0.833. The van der Waals surface area contributed by atoms with Crippen LogP contribution in [0.2, 0.25) is 0 Å². The number of thioether (sulfide) groups is 1. The molecule has 0 spiro atoms. The van der Waals surface area contributed by atoms with Gasteiger partial charge in [0.2, 0.25) is 5.91 Å². The van der Waals surface area contributed by atoms with Gasteiger partial charge in [0.15, 0.2) is 0 Å². The minimum absolute atomic E-state index is 0.0354. The molecule has 2 aliphatic rings. The number of rotatable bonds is 2. The highest BCUT2D eigenvalue weighted by molar-refractivity contribution is 8.00. The van der Waals surface area contributed by atoms with E-state index in [1.807, 2.05) is 20.8 Å². The maximum absolute atomic E-state index is 12.4. The topological polar surface area (TPSA) is 57.6 Å². The van der Waals surface area contributed by atoms with Crippen molar-refractivity contribution in [2.45, 2.75) is 45.0 Å². The van der Waals surface area contributed by atoms with Crippen molar-refractivity contribution in [3.8, 4) is 0 Å². The monoisotopic (exact) mass is 257 g/mol. The Morgan fingerprint density at radius 1 is 1.29 bits per heavy atom. The molecule has 1 amide bonds. The number of aliphatic carboxylic acids is 1. The molecular weight excluding hydrogens is 238 g/mol. The van der Waals surface area contributed by atoms with E-state index in [2.05, 4.69) is 0 Å². The Balaban J connectivity index is 2.22. The number of hydrogen-bond acceptors (Lipinski definition) is 3. The van der Waals surface area contributed by atoms with Crippen LogP contribution in [-0.2, 0) is 9.59 Å². The van der Waals surface area contributed by atoms with Crippen LogP contribution in [0.1, 0.15) is 33.6 Å². The molecule has 0 aromatic heterocycles. The third-order valence-corrected chi connectivity index (χ3v) is 4.68. The van der Waals surface area contributed by atoms with Crippen molar-refractivity contribution < 1.29 is 14.7 Å².